The van der Waals surface area contributed by atoms with Crippen LogP contribution < -0.4 is 0 Å². The van der Waals surface area contributed by atoms with Crippen LogP contribution >= 0.6 is 31.9 Å². The second kappa shape index (κ2) is 7.35. The molecule has 0 radical (unpaired) electrons. The molecule has 0 atom stereocenters. The van der Waals surface area contributed by atoms with Gasteiger partial charge in [0.05, 0.1) is 0 Å². The summed E-state index contributed by atoms with van der Waals surface area (Å²) < 4.78 is 0.348. The minimum Gasteiger partial charge on any atom is -0.330 e. The van der Waals surface area contributed by atoms with Gasteiger partial charge in [0.15, 0.2) is 0 Å². The molecule has 0 saturated carbocycles. The van der Waals surface area contributed by atoms with Gasteiger partial charge in [-0.3, -0.25) is 24.1 Å². The van der Waals surface area contributed by atoms with Gasteiger partial charge in [0.2, 0.25) is 0 Å². The third kappa shape index (κ3) is 3.86. The van der Waals surface area contributed by atoms with Crippen LogP contribution in [0.4, 0.5) is 0 Å². The molecule has 0 aromatic rings. The second-order valence-corrected chi connectivity index (χ2v) is 6.48. The molecule has 2 heterocycles. The van der Waals surface area contributed by atoms with Crippen LogP contribution in [0.5, 0.6) is 0 Å². The minimum absolute atomic E-state index is 0.0248. The Balaban J connectivity index is 1.71. The predicted molar refractivity (Wildman–Crippen MR) is 82.6 cm³/mol. The summed E-state index contributed by atoms with van der Waals surface area (Å²) in [5.41, 5.74) is 0. The molecule has 0 unspecified atom stereocenters. The van der Waals surface area contributed by atoms with Crippen LogP contribution in [0, 0.1) is 0 Å². The molecule has 0 spiro atoms. The van der Waals surface area contributed by atoms with E-state index in [4.69, 9.17) is 4.84 Å². The van der Waals surface area contributed by atoms with Crippen molar-refractivity contribution >= 4 is 61.5 Å². The number of halogens is 2. The van der Waals surface area contributed by atoms with Crippen LogP contribution in [0.25, 0.3) is 0 Å². The lowest BCUT2D eigenvalue weighted by molar-refractivity contribution is -0.197. The van der Waals surface area contributed by atoms with E-state index in [9.17, 15) is 24.0 Å². The van der Waals surface area contributed by atoms with Gasteiger partial charge >= 0.3 is 5.97 Å². The van der Waals surface area contributed by atoms with Gasteiger partial charge in [-0.15, -0.1) is 5.06 Å². The first-order chi connectivity index (χ1) is 10.8. The summed E-state index contributed by atoms with van der Waals surface area (Å²) in [5, 5.41) is 0.494. The Bertz CT molecular complexity index is 590. The zero-order chi connectivity index (χ0) is 17.1. The summed E-state index contributed by atoms with van der Waals surface area (Å²) in [5.74, 6) is -2.63. The van der Waals surface area contributed by atoms with Crippen molar-refractivity contribution in [3.63, 3.8) is 0 Å². The topological polar surface area (TPSA) is 101 Å². The molecule has 2 aliphatic rings. The Labute approximate surface area is 148 Å². The average molecular weight is 452 g/mol. The molecular weight excluding hydrogens is 440 g/mol. The van der Waals surface area contributed by atoms with Crippen LogP contribution in [-0.4, -0.2) is 46.1 Å². The maximum absolute atomic E-state index is 11.8. The van der Waals surface area contributed by atoms with Crippen molar-refractivity contribution in [2.45, 2.75) is 32.1 Å². The number of rotatable bonds is 6. The monoisotopic (exact) mass is 450 g/mol. The highest BCUT2D eigenvalue weighted by molar-refractivity contribution is 9.14. The van der Waals surface area contributed by atoms with Gasteiger partial charge in [-0.1, -0.05) is 0 Å². The standard InChI is InChI=1S/C13H12Br2N2O6/c14-10-11(15)13(22)16(12(10)21)6-2-1-3-9(20)23-17-7(18)4-5-8(17)19/h1-6H2. The highest BCUT2D eigenvalue weighted by atomic mass is 79.9. The van der Waals surface area contributed by atoms with Gasteiger partial charge < -0.3 is 4.84 Å². The Morgan fingerprint density at radius 3 is 2.00 bits per heavy atom. The molecule has 4 amide bonds. The molecule has 1 saturated heterocycles. The number of unbranched alkanes of at least 4 members (excludes halogenated alkanes) is 1. The molecule has 0 N–H and O–H groups in total. The fourth-order valence-corrected chi connectivity index (χ4v) is 2.83. The van der Waals surface area contributed by atoms with Gasteiger partial charge in [0, 0.05) is 25.8 Å². The Morgan fingerprint density at radius 2 is 1.48 bits per heavy atom. The average Bonchev–Trinajstić information content (AvgIpc) is 2.92. The van der Waals surface area contributed by atoms with Gasteiger partial charge in [-0.2, -0.15) is 0 Å². The van der Waals surface area contributed by atoms with Gasteiger partial charge in [-0.05, 0) is 44.7 Å². The SMILES string of the molecule is O=C(CCCCN1C(=O)C(Br)=C(Br)C1=O)ON1C(=O)CCC1=O. The molecule has 0 aromatic heterocycles. The molecular formula is C13H12Br2N2O6. The predicted octanol–water partition coefficient (Wildman–Crippen LogP) is 1.13. The van der Waals surface area contributed by atoms with E-state index in [1.165, 1.54) is 0 Å². The Hall–Kier alpha value is -1.55. The molecule has 2 aliphatic heterocycles. The van der Waals surface area contributed by atoms with Gasteiger partial charge in [0.1, 0.15) is 8.96 Å². The largest absolute Gasteiger partial charge is 0.333 e. The van der Waals surface area contributed by atoms with Crippen LogP contribution in [-0.2, 0) is 28.8 Å². The van der Waals surface area contributed by atoms with Gasteiger partial charge in [-0.25, -0.2) is 4.79 Å². The van der Waals surface area contributed by atoms with Crippen LogP contribution in [0.2, 0.25) is 0 Å². The smallest absolute Gasteiger partial charge is 0.330 e. The number of hydrogen-bond acceptors (Lipinski definition) is 6. The lowest BCUT2D eigenvalue weighted by atomic mass is 10.2. The van der Waals surface area contributed by atoms with E-state index in [-0.39, 0.29) is 34.8 Å². The Kier molecular flexibility index (Phi) is 5.69. The third-order valence-corrected chi connectivity index (χ3v) is 5.27. The van der Waals surface area contributed by atoms with Crippen molar-refractivity contribution in [2.24, 2.45) is 0 Å². The number of hydrogen-bond donors (Lipinski definition) is 0. The first-order valence-electron chi connectivity index (χ1n) is 6.81. The number of imide groups is 2. The molecule has 1 fully saturated rings. The van der Waals surface area contributed by atoms with E-state index in [0.717, 1.165) is 4.90 Å². The van der Waals surface area contributed by atoms with Crippen molar-refractivity contribution in [1.29, 1.82) is 0 Å². The summed E-state index contributed by atoms with van der Waals surface area (Å²) in [7, 11) is 0. The number of hydroxylamine groups is 2. The van der Waals surface area contributed by atoms with Gasteiger partial charge in [0.25, 0.3) is 23.6 Å². The number of nitrogens with zero attached hydrogens (tertiary/aromatic N) is 2. The lowest BCUT2D eigenvalue weighted by Crippen LogP contribution is -2.33. The van der Waals surface area contributed by atoms with E-state index in [0.29, 0.717) is 17.9 Å². The summed E-state index contributed by atoms with van der Waals surface area (Å²) in [6, 6.07) is 0. The number of amides is 4. The van der Waals surface area contributed by atoms with Crippen LogP contribution in [0.15, 0.2) is 8.96 Å². The summed E-state index contributed by atoms with van der Waals surface area (Å²) in [4.78, 5) is 63.4. The Morgan fingerprint density at radius 1 is 0.957 bits per heavy atom. The summed E-state index contributed by atoms with van der Waals surface area (Å²) in [6.07, 6.45) is 0.809. The van der Waals surface area contributed by atoms with E-state index in [2.05, 4.69) is 31.9 Å². The normalized spacial score (nSPS) is 18.5. The van der Waals surface area contributed by atoms with E-state index >= 15 is 0 Å². The molecule has 2 rings (SSSR count). The molecule has 10 heteroatoms. The van der Waals surface area contributed by atoms with Crippen LogP contribution in [0.3, 0.4) is 0 Å². The second-order valence-electron chi connectivity index (χ2n) is 4.89. The molecule has 8 nitrogen and oxygen atoms in total. The first-order valence-corrected chi connectivity index (χ1v) is 8.39. The van der Waals surface area contributed by atoms with Crippen molar-refractivity contribution < 1.29 is 28.8 Å². The molecule has 0 aliphatic carbocycles. The molecule has 23 heavy (non-hydrogen) atoms. The molecule has 0 bridgehead atoms. The fourth-order valence-electron chi connectivity index (χ4n) is 2.06. The van der Waals surface area contributed by atoms with E-state index in [1.807, 2.05) is 0 Å². The zero-order valence-electron chi connectivity index (χ0n) is 11.8. The van der Waals surface area contributed by atoms with E-state index < -0.39 is 29.6 Å². The van der Waals surface area contributed by atoms with Crippen LogP contribution in [0.1, 0.15) is 32.1 Å². The quantitative estimate of drug-likeness (QED) is 0.443. The minimum atomic E-state index is -0.701. The molecule has 0 aromatic carbocycles. The van der Waals surface area contributed by atoms with Crippen molar-refractivity contribution in [1.82, 2.24) is 9.96 Å². The molecule has 124 valence electrons. The highest BCUT2D eigenvalue weighted by Gasteiger charge is 2.35. The maximum Gasteiger partial charge on any atom is 0.333 e. The number of carbonyl (C=O) groups excluding carboxylic acids is 5. The maximum atomic E-state index is 11.8. The van der Waals surface area contributed by atoms with Crippen molar-refractivity contribution in [3.8, 4) is 0 Å². The third-order valence-electron chi connectivity index (χ3n) is 3.27. The highest BCUT2D eigenvalue weighted by Crippen LogP contribution is 2.29. The fraction of sp³-hybridized carbons (Fsp3) is 0.462. The zero-order valence-corrected chi connectivity index (χ0v) is 15.0. The van der Waals surface area contributed by atoms with E-state index in [1.54, 1.807) is 0 Å². The van der Waals surface area contributed by atoms with Crippen molar-refractivity contribution in [3.05, 3.63) is 8.96 Å². The summed E-state index contributed by atoms with van der Waals surface area (Å²) in [6.45, 7) is 0.163. The number of carbonyl (C=O) groups is 5. The lowest BCUT2D eigenvalue weighted by Gasteiger charge is -2.14. The summed E-state index contributed by atoms with van der Waals surface area (Å²) >= 11 is 6.04. The van der Waals surface area contributed by atoms with Crippen molar-refractivity contribution in [2.75, 3.05) is 6.54 Å². The first kappa shape index (κ1) is 17.8.